The van der Waals surface area contributed by atoms with Crippen LogP contribution in [-0.2, 0) is 4.79 Å². The average molecular weight is 252 g/mol. The fraction of sp³-hybridized carbons (Fsp3) is 0.929. The van der Waals surface area contributed by atoms with Crippen molar-refractivity contribution in [1.82, 2.24) is 10.2 Å². The summed E-state index contributed by atoms with van der Waals surface area (Å²) in [5.74, 6) is 0.408. The molecule has 2 aliphatic heterocycles. The number of nitrogens with one attached hydrogen (secondary N) is 1. The van der Waals surface area contributed by atoms with E-state index in [0.717, 1.165) is 64.6 Å². The van der Waals surface area contributed by atoms with Crippen LogP contribution in [0.4, 0.5) is 0 Å². The van der Waals surface area contributed by atoms with Crippen LogP contribution in [0.25, 0.3) is 0 Å². The molecule has 3 fully saturated rings. The zero-order chi connectivity index (χ0) is 12.6. The van der Waals surface area contributed by atoms with Gasteiger partial charge in [-0.05, 0) is 58.0 Å². The van der Waals surface area contributed by atoms with Crippen molar-refractivity contribution in [2.24, 2.45) is 5.41 Å². The second-order valence-electron chi connectivity index (χ2n) is 6.24. The average Bonchev–Trinajstić information content (AvgIpc) is 2.70. The number of aliphatic hydroxyl groups excluding tert-OH is 1. The molecule has 0 bridgehead atoms. The van der Waals surface area contributed by atoms with Crippen LogP contribution in [0.2, 0.25) is 0 Å². The van der Waals surface area contributed by atoms with E-state index in [2.05, 4.69) is 10.2 Å². The number of hydrogen-bond acceptors (Lipinski definition) is 3. The molecule has 0 aromatic carbocycles. The summed E-state index contributed by atoms with van der Waals surface area (Å²) in [6.07, 6.45) is 6.64. The first-order chi connectivity index (χ1) is 8.71. The summed E-state index contributed by atoms with van der Waals surface area (Å²) in [6.45, 7) is 2.92. The van der Waals surface area contributed by atoms with Crippen LogP contribution in [0.5, 0.6) is 0 Å². The molecule has 0 atom stereocenters. The summed E-state index contributed by atoms with van der Waals surface area (Å²) in [6, 6.07) is 0.398. The van der Waals surface area contributed by atoms with Gasteiger partial charge in [0.05, 0.1) is 11.5 Å². The molecule has 1 spiro atoms. The molecule has 0 aromatic heterocycles. The van der Waals surface area contributed by atoms with Crippen LogP contribution in [0.15, 0.2) is 0 Å². The van der Waals surface area contributed by atoms with Crippen molar-refractivity contribution >= 4 is 5.91 Å². The topological polar surface area (TPSA) is 52.6 Å². The van der Waals surface area contributed by atoms with Crippen molar-refractivity contribution in [3.05, 3.63) is 0 Å². The zero-order valence-corrected chi connectivity index (χ0v) is 11.0. The lowest BCUT2D eigenvalue weighted by Crippen LogP contribution is -2.46. The Bertz CT molecular complexity index is 318. The SMILES string of the molecule is O=C1N(C2CCC(O)CC2)CCC12CCNCC2. The van der Waals surface area contributed by atoms with Crippen LogP contribution in [0, 0.1) is 5.41 Å². The number of nitrogens with zero attached hydrogens (tertiary/aromatic N) is 1. The molecule has 3 rings (SSSR count). The van der Waals surface area contributed by atoms with E-state index in [4.69, 9.17) is 0 Å². The van der Waals surface area contributed by atoms with Crippen LogP contribution in [0.1, 0.15) is 44.9 Å². The molecule has 18 heavy (non-hydrogen) atoms. The molecular formula is C14H24N2O2. The van der Waals surface area contributed by atoms with Gasteiger partial charge in [0.15, 0.2) is 0 Å². The number of carbonyl (C=O) groups is 1. The maximum absolute atomic E-state index is 12.7. The van der Waals surface area contributed by atoms with Gasteiger partial charge in [-0.25, -0.2) is 0 Å². The molecule has 1 saturated carbocycles. The first-order valence-corrected chi connectivity index (χ1v) is 7.41. The van der Waals surface area contributed by atoms with Crippen LogP contribution in [0.3, 0.4) is 0 Å². The van der Waals surface area contributed by atoms with Crippen molar-refractivity contribution in [1.29, 1.82) is 0 Å². The number of carbonyl (C=O) groups excluding carboxylic acids is 1. The minimum Gasteiger partial charge on any atom is -0.393 e. The normalized spacial score (nSPS) is 36.3. The molecule has 2 saturated heterocycles. The van der Waals surface area contributed by atoms with E-state index in [-0.39, 0.29) is 11.5 Å². The Morgan fingerprint density at radius 1 is 1.11 bits per heavy atom. The number of likely N-dealkylation sites (tertiary alicyclic amines) is 1. The number of aliphatic hydroxyl groups is 1. The molecule has 2 heterocycles. The van der Waals surface area contributed by atoms with E-state index in [1.165, 1.54) is 0 Å². The summed E-state index contributed by atoms with van der Waals surface area (Å²) < 4.78 is 0. The van der Waals surface area contributed by atoms with Gasteiger partial charge in [-0.3, -0.25) is 4.79 Å². The lowest BCUT2D eigenvalue weighted by molar-refractivity contribution is -0.140. The fourth-order valence-electron chi connectivity index (χ4n) is 3.94. The van der Waals surface area contributed by atoms with Crippen LogP contribution in [-0.4, -0.2) is 47.7 Å². The minimum absolute atomic E-state index is 0.0404. The number of rotatable bonds is 1. The number of amides is 1. The quantitative estimate of drug-likeness (QED) is 0.729. The summed E-state index contributed by atoms with van der Waals surface area (Å²) in [5, 5.41) is 12.9. The second-order valence-corrected chi connectivity index (χ2v) is 6.24. The Balaban J connectivity index is 1.66. The van der Waals surface area contributed by atoms with Gasteiger partial charge in [0.2, 0.25) is 5.91 Å². The highest BCUT2D eigenvalue weighted by atomic mass is 16.3. The molecule has 4 nitrogen and oxygen atoms in total. The summed E-state index contributed by atoms with van der Waals surface area (Å²) in [7, 11) is 0. The van der Waals surface area contributed by atoms with Crippen molar-refractivity contribution in [3.8, 4) is 0 Å². The Morgan fingerprint density at radius 3 is 2.44 bits per heavy atom. The van der Waals surface area contributed by atoms with Crippen molar-refractivity contribution in [2.45, 2.75) is 57.1 Å². The van der Waals surface area contributed by atoms with E-state index < -0.39 is 0 Å². The van der Waals surface area contributed by atoms with E-state index in [9.17, 15) is 9.90 Å². The smallest absolute Gasteiger partial charge is 0.229 e. The van der Waals surface area contributed by atoms with Crippen LogP contribution < -0.4 is 5.32 Å². The third-order valence-corrected chi connectivity index (χ3v) is 5.21. The standard InChI is InChI=1S/C14H24N2O2/c17-12-3-1-11(2-4-12)16-10-7-14(13(16)18)5-8-15-9-6-14/h11-12,15,17H,1-10H2. The highest BCUT2D eigenvalue weighted by Gasteiger charge is 2.48. The molecule has 1 amide bonds. The van der Waals surface area contributed by atoms with Gasteiger partial charge in [0, 0.05) is 12.6 Å². The maximum atomic E-state index is 12.7. The van der Waals surface area contributed by atoms with Gasteiger partial charge in [-0.2, -0.15) is 0 Å². The molecule has 1 aliphatic carbocycles. The van der Waals surface area contributed by atoms with E-state index in [1.807, 2.05) is 0 Å². The van der Waals surface area contributed by atoms with Gasteiger partial charge in [-0.15, -0.1) is 0 Å². The van der Waals surface area contributed by atoms with Crippen molar-refractivity contribution < 1.29 is 9.90 Å². The third-order valence-electron chi connectivity index (χ3n) is 5.21. The largest absolute Gasteiger partial charge is 0.393 e. The Hall–Kier alpha value is -0.610. The van der Waals surface area contributed by atoms with E-state index >= 15 is 0 Å². The Labute approximate surface area is 109 Å². The highest BCUT2D eigenvalue weighted by Crippen LogP contribution is 2.42. The van der Waals surface area contributed by atoms with Crippen molar-refractivity contribution in [3.63, 3.8) is 0 Å². The number of hydrogen-bond donors (Lipinski definition) is 2. The first kappa shape index (κ1) is 12.4. The predicted molar refractivity (Wildman–Crippen MR) is 69.1 cm³/mol. The fourth-order valence-corrected chi connectivity index (χ4v) is 3.94. The molecule has 0 radical (unpaired) electrons. The molecule has 4 heteroatoms. The maximum Gasteiger partial charge on any atom is 0.229 e. The number of piperidine rings is 1. The Kier molecular flexibility index (Phi) is 3.32. The molecule has 102 valence electrons. The summed E-state index contributed by atoms with van der Waals surface area (Å²) in [5.41, 5.74) is -0.0404. The lowest BCUT2D eigenvalue weighted by Gasteiger charge is -2.36. The zero-order valence-electron chi connectivity index (χ0n) is 11.0. The van der Waals surface area contributed by atoms with Gasteiger partial charge < -0.3 is 15.3 Å². The molecule has 3 aliphatic rings. The molecular weight excluding hydrogens is 228 g/mol. The highest BCUT2D eigenvalue weighted by molar-refractivity contribution is 5.85. The lowest BCUT2D eigenvalue weighted by atomic mass is 9.77. The summed E-state index contributed by atoms with van der Waals surface area (Å²) in [4.78, 5) is 14.8. The van der Waals surface area contributed by atoms with Gasteiger partial charge in [0.25, 0.3) is 0 Å². The molecule has 2 N–H and O–H groups in total. The first-order valence-electron chi connectivity index (χ1n) is 7.41. The van der Waals surface area contributed by atoms with Gasteiger partial charge in [-0.1, -0.05) is 0 Å². The predicted octanol–water partition coefficient (Wildman–Crippen LogP) is 0.892. The van der Waals surface area contributed by atoms with Crippen molar-refractivity contribution in [2.75, 3.05) is 19.6 Å². The van der Waals surface area contributed by atoms with E-state index in [0.29, 0.717) is 11.9 Å². The monoisotopic (exact) mass is 252 g/mol. The molecule has 0 unspecified atom stereocenters. The van der Waals surface area contributed by atoms with Gasteiger partial charge in [0.1, 0.15) is 0 Å². The Morgan fingerprint density at radius 2 is 1.78 bits per heavy atom. The second kappa shape index (κ2) is 4.82. The van der Waals surface area contributed by atoms with Gasteiger partial charge >= 0.3 is 0 Å². The third kappa shape index (κ3) is 2.05. The minimum atomic E-state index is -0.133. The summed E-state index contributed by atoms with van der Waals surface area (Å²) >= 11 is 0. The molecule has 0 aromatic rings. The van der Waals surface area contributed by atoms with E-state index in [1.54, 1.807) is 0 Å². The van der Waals surface area contributed by atoms with Crippen LogP contribution >= 0.6 is 0 Å².